The van der Waals surface area contributed by atoms with Crippen molar-refractivity contribution < 1.29 is 13.5 Å². The number of alkyl halides is 1. The van der Waals surface area contributed by atoms with Crippen molar-refractivity contribution in [3.63, 3.8) is 0 Å². The lowest BCUT2D eigenvalue weighted by Gasteiger charge is -2.28. The summed E-state index contributed by atoms with van der Waals surface area (Å²) in [7, 11) is -2.14. The van der Waals surface area contributed by atoms with Crippen LogP contribution in [0.25, 0.3) is 0 Å². The summed E-state index contributed by atoms with van der Waals surface area (Å²) in [6.45, 7) is -0.480. The summed E-state index contributed by atoms with van der Waals surface area (Å²) < 4.78 is 32.1. The van der Waals surface area contributed by atoms with Gasteiger partial charge in [0.15, 0.2) is 0 Å². The summed E-state index contributed by atoms with van der Waals surface area (Å²) >= 11 is 0. The second-order valence-corrected chi connectivity index (χ2v) is 10.8. The van der Waals surface area contributed by atoms with Crippen molar-refractivity contribution in [3.8, 4) is 5.75 Å². The Kier molecular flexibility index (Phi) is 6.74. The van der Waals surface area contributed by atoms with Crippen LogP contribution in [0.2, 0.25) is 0 Å². The van der Waals surface area contributed by atoms with E-state index in [1.165, 1.54) is 22.0 Å². The van der Waals surface area contributed by atoms with Crippen molar-refractivity contribution >= 4 is 23.2 Å². The van der Waals surface area contributed by atoms with Gasteiger partial charge < -0.3 is 4.74 Å². The molecule has 0 saturated heterocycles. The molecule has 0 atom stereocenters. The number of rotatable bonds is 8. The topological polar surface area (TPSA) is 9.23 Å². The molecule has 156 valence electrons. The van der Waals surface area contributed by atoms with Gasteiger partial charge in [-0.15, -0.1) is 0 Å². The first-order valence-corrected chi connectivity index (χ1v) is 12.2. The van der Waals surface area contributed by atoms with Gasteiger partial charge in [0, 0.05) is 0 Å². The molecular formula is C27H24F2OP+. The fourth-order valence-electron chi connectivity index (χ4n) is 3.95. The van der Waals surface area contributed by atoms with Crippen molar-refractivity contribution in [2.24, 2.45) is 0 Å². The molecule has 0 saturated carbocycles. The number of ether oxygens (including phenoxy) is 1. The summed E-state index contributed by atoms with van der Waals surface area (Å²) in [5, 5.41) is 3.62. The third kappa shape index (κ3) is 4.68. The fourth-order valence-corrected chi connectivity index (χ4v) is 8.16. The Labute approximate surface area is 182 Å². The Balaban J connectivity index is 1.91. The van der Waals surface area contributed by atoms with E-state index in [2.05, 4.69) is 60.7 Å². The van der Waals surface area contributed by atoms with Gasteiger partial charge in [0.25, 0.3) is 0 Å². The van der Waals surface area contributed by atoms with E-state index < -0.39 is 13.9 Å². The lowest BCUT2D eigenvalue weighted by atomic mass is 10.2. The van der Waals surface area contributed by atoms with Gasteiger partial charge in [-0.25, -0.2) is 8.78 Å². The van der Waals surface area contributed by atoms with E-state index in [1.807, 2.05) is 30.3 Å². The van der Waals surface area contributed by atoms with Crippen LogP contribution in [0.1, 0.15) is 5.56 Å². The van der Waals surface area contributed by atoms with Gasteiger partial charge in [-0.2, -0.15) is 0 Å². The molecular weight excluding hydrogens is 409 g/mol. The minimum absolute atomic E-state index is 0.0420. The van der Waals surface area contributed by atoms with E-state index in [0.717, 1.165) is 5.56 Å². The number of halogens is 2. The Morgan fingerprint density at radius 1 is 0.645 bits per heavy atom. The normalized spacial score (nSPS) is 11.3. The zero-order chi connectivity index (χ0) is 21.5. The maximum atomic E-state index is 14.1. The first-order chi connectivity index (χ1) is 15.2. The molecule has 0 radical (unpaired) electrons. The first-order valence-electron chi connectivity index (χ1n) is 10.3. The van der Waals surface area contributed by atoms with Crippen LogP contribution in [0.4, 0.5) is 8.78 Å². The number of hydrogen-bond acceptors (Lipinski definition) is 1. The average Bonchev–Trinajstić information content (AvgIpc) is 2.83. The van der Waals surface area contributed by atoms with E-state index in [9.17, 15) is 8.78 Å². The fraction of sp³-hybridized carbons (Fsp3) is 0.111. The lowest BCUT2D eigenvalue weighted by Crippen LogP contribution is -2.32. The van der Waals surface area contributed by atoms with Crippen LogP contribution in [-0.2, 0) is 6.16 Å². The molecule has 0 aliphatic rings. The largest absolute Gasteiger partial charge is 0.491 e. The summed E-state index contributed by atoms with van der Waals surface area (Å²) in [5.41, 5.74) is 0.957. The summed E-state index contributed by atoms with van der Waals surface area (Å²) in [4.78, 5) is 0. The van der Waals surface area contributed by atoms with Crippen molar-refractivity contribution in [1.82, 2.24) is 0 Å². The molecule has 1 nitrogen and oxygen atoms in total. The monoisotopic (exact) mass is 433 g/mol. The predicted molar refractivity (Wildman–Crippen MR) is 127 cm³/mol. The highest BCUT2D eigenvalue weighted by atomic mass is 31.2. The van der Waals surface area contributed by atoms with Crippen LogP contribution >= 0.6 is 7.26 Å². The van der Waals surface area contributed by atoms with E-state index in [0.29, 0.717) is 11.9 Å². The lowest BCUT2D eigenvalue weighted by molar-refractivity contribution is 0.273. The van der Waals surface area contributed by atoms with Gasteiger partial charge in [-0.3, -0.25) is 0 Å². The zero-order valence-corrected chi connectivity index (χ0v) is 18.0. The van der Waals surface area contributed by atoms with E-state index in [4.69, 9.17) is 4.74 Å². The maximum Gasteiger partial charge on any atom is 0.123 e. The number of benzene rings is 4. The molecule has 0 unspecified atom stereocenters. The highest BCUT2D eigenvalue weighted by molar-refractivity contribution is 7.95. The molecule has 0 aliphatic carbocycles. The first kappa shape index (κ1) is 21.2. The second kappa shape index (κ2) is 9.85. The molecule has 0 bridgehead atoms. The highest BCUT2D eigenvalue weighted by Gasteiger charge is 2.45. The molecule has 0 heterocycles. The van der Waals surface area contributed by atoms with Crippen LogP contribution in [0.3, 0.4) is 0 Å². The third-order valence-electron chi connectivity index (χ3n) is 5.33. The molecule has 31 heavy (non-hydrogen) atoms. The number of hydrogen-bond donors (Lipinski definition) is 0. The maximum absolute atomic E-state index is 14.1. The molecule has 0 aromatic heterocycles. The van der Waals surface area contributed by atoms with E-state index in [-0.39, 0.29) is 12.4 Å². The quantitative estimate of drug-likeness (QED) is 0.326. The van der Waals surface area contributed by atoms with Crippen LogP contribution in [0.5, 0.6) is 5.75 Å². The van der Waals surface area contributed by atoms with Gasteiger partial charge in [0.1, 0.15) is 48.0 Å². The summed E-state index contributed by atoms with van der Waals surface area (Å²) in [5.74, 6) is 0.415. The van der Waals surface area contributed by atoms with Gasteiger partial charge in [0.2, 0.25) is 0 Å². The molecule has 4 aromatic carbocycles. The minimum atomic E-state index is -2.14. The Hall–Kier alpha value is -3.03. The van der Waals surface area contributed by atoms with Crippen LogP contribution in [-0.4, -0.2) is 13.3 Å². The molecule has 0 spiro atoms. The zero-order valence-electron chi connectivity index (χ0n) is 17.1. The molecule has 0 amide bonds. The second-order valence-electron chi connectivity index (χ2n) is 7.30. The Bertz CT molecular complexity index is 1060. The van der Waals surface area contributed by atoms with Crippen molar-refractivity contribution in [2.45, 2.75) is 6.16 Å². The molecule has 0 aliphatic heterocycles. The van der Waals surface area contributed by atoms with Gasteiger partial charge in [0.05, 0.1) is 6.16 Å². The molecule has 0 fully saturated rings. The molecule has 4 aromatic rings. The predicted octanol–water partition coefficient (Wildman–Crippen LogP) is 5.67. The van der Waals surface area contributed by atoms with Crippen LogP contribution in [0, 0.1) is 5.82 Å². The average molecular weight is 433 g/mol. The highest BCUT2D eigenvalue weighted by Crippen LogP contribution is 2.58. The SMILES string of the molecule is FCCOc1ccc([P+](Cc2cccc(F)c2)(c2ccccc2)c2ccccc2)cc1. The van der Waals surface area contributed by atoms with Crippen molar-refractivity contribution in [3.05, 3.63) is 121 Å². The van der Waals surface area contributed by atoms with E-state index >= 15 is 0 Å². The Morgan fingerprint density at radius 3 is 1.77 bits per heavy atom. The molecule has 4 heteroatoms. The van der Waals surface area contributed by atoms with Gasteiger partial charge in [-0.1, -0.05) is 48.5 Å². The summed E-state index contributed by atoms with van der Waals surface area (Å²) in [6, 6.07) is 35.7. The third-order valence-corrected chi connectivity index (χ3v) is 9.70. The van der Waals surface area contributed by atoms with Gasteiger partial charge >= 0.3 is 0 Å². The van der Waals surface area contributed by atoms with Gasteiger partial charge in [-0.05, 0) is 66.2 Å². The minimum Gasteiger partial charge on any atom is -0.491 e. The van der Waals surface area contributed by atoms with Crippen LogP contribution in [0.15, 0.2) is 109 Å². The molecule has 0 N–H and O–H groups in total. The smallest absolute Gasteiger partial charge is 0.123 e. The molecule has 4 rings (SSSR count). The van der Waals surface area contributed by atoms with Crippen LogP contribution < -0.4 is 20.7 Å². The van der Waals surface area contributed by atoms with Crippen molar-refractivity contribution in [1.29, 1.82) is 0 Å². The van der Waals surface area contributed by atoms with Crippen molar-refractivity contribution in [2.75, 3.05) is 13.3 Å². The Morgan fingerprint density at radius 2 is 1.23 bits per heavy atom. The van der Waals surface area contributed by atoms with E-state index in [1.54, 1.807) is 12.1 Å². The summed E-state index contributed by atoms with van der Waals surface area (Å²) in [6.07, 6.45) is 0.698. The standard InChI is InChI=1S/C27H24F2OP/c28-18-19-30-24-14-16-27(17-15-24)31(25-10-3-1-4-11-25,26-12-5-2-6-13-26)21-22-8-7-9-23(29)20-22/h1-17,20H,18-19,21H2/q+1.